The highest BCUT2D eigenvalue weighted by Crippen LogP contribution is 2.27. The highest BCUT2D eigenvalue weighted by Gasteiger charge is 2.27. The Morgan fingerprint density at radius 1 is 1.64 bits per heavy atom. The van der Waals surface area contributed by atoms with E-state index in [1.807, 2.05) is 6.92 Å². The van der Waals surface area contributed by atoms with Crippen LogP contribution in [-0.4, -0.2) is 15.2 Å². The van der Waals surface area contributed by atoms with E-state index < -0.39 is 10.8 Å². The van der Waals surface area contributed by atoms with E-state index in [1.54, 1.807) is 0 Å². The monoisotopic (exact) mass is 170 g/mol. The molecule has 1 heterocycles. The Hall–Kier alpha value is -0.370. The van der Waals surface area contributed by atoms with Gasteiger partial charge in [-0.15, -0.1) is 0 Å². The molecule has 0 spiro atoms. The van der Waals surface area contributed by atoms with Crippen molar-refractivity contribution in [3.63, 3.8) is 0 Å². The number of rotatable bonds is 1. The van der Waals surface area contributed by atoms with Gasteiger partial charge in [-0.05, 0) is 20.8 Å². The summed E-state index contributed by atoms with van der Waals surface area (Å²) in [5.74, 6) is 0.739. The molecule has 2 atom stereocenters. The van der Waals surface area contributed by atoms with Crippen LogP contribution in [0.1, 0.15) is 20.8 Å². The standard InChI is InChI=1S/C9H14OS/c1-6(2)9-8(4)7(3)5-11(9)10/h9H,1,5H2,2-4H3. The normalized spacial score (nSPS) is 31.2. The number of hydrogen-bond acceptors (Lipinski definition) is 1. The largest absolute Gasteiger partial charge is 0.258 e. The summed E-state index contributed by atoms with van der Waals surface area (Å²) in [5, 5.41) is 0.134. The molecule has 0 N–H and O–H groups in total. The van der Waals surface area contributed by atoms with Crippen molar-refractivity contribution >= 4 is 10.8 Å². The van der Waals surface area contributed by atoms with Crippen LogP contribution in [0.2, 0.25) is 0 Å². The van der Waals surface area contributed by atoms with Gasteiger partial charge in [0.15, 0.2) is 0 Å². The minimum Gasteiger partial charge on any atom is -0.258 e. The van der Waals surface area contributed by atoms with Gasteiger partial charge in [-0.1, -0.05) is 23.3 Å². The van der Waals surface area contributed by atoms with Crippen LogP contribution < -0.4 is 0 Å². The lowest BCUT2D eigenvalue weighted by molar-refractivity contribution is 0.683. The third kappa shape index (κ3) is 1.45. The summed E-state index contributed by atoms with van der Waals surface area (Å²) in [4.78, 5) is 0. The van der Waals surface area contributed by atoms with Gasteiger partial charge in [0.05, 0.1) is 5.25 Å². The Morgan fingerprint density at radius 2 is 2.18 bits per heavy atom. The molecule has 62 valence electrons. The number of hydrogen-bond donors (Lipinski definition) is 0. The SMILES string of the molecule is C=C(C)C1C(C)=C(C)CS1=O. The quantitative estimate of drug-likeness (QED) is 0.550. The van der Waals surface area contributed by atoms with Crippen LogP contribution in [0, 0.1) is 0 Å². The molecule has 0 aliphatic carbocycles. The molecule has 0 fully saturated rings. The van der Waals surface area contributed by atoms with Crippen LogP contribution in [0.25, 0.3) is 0 Å². The molecular formula is C9H14OS. The van der Waals surface area contributed by atoms with Gasteiger partial charge in [-0.2, -0.15) is 0 Å². The maximum Gasteiger partial charge on any atom is 0.0764 e. The minimum atomic E-state index is -0.725. The zero-order valence-corrected chi connectivity index (χ0v) is 8.12. The van der Waals surface area contributed by atoms with Crippen LogP contribution in [0.4, 0.5) is 0 Å². The second kappa shape index (κ2) is 2.94. The first-order chi connectivity index (χ1) is 5.04. The van der Waals surface area contributed by atoms with Gasteiger partial charge in [0.1, 0.15) is 0 Å². The Bertz CT molecular complexity index is 250. The van der Waals surface area contributed by atoms with Crippen molar-refractivity contribution in [3.8, 4) is 0 Å². The molecule has 0 bridgehead atoms. The highest BCUT2D eigenvalue weighted by atomic mass is 32.2. The van der Waals surface area contributed by atoms with E-state index in [1.165, 1.54) is 11.1 Å². The molecule has 0 aromatic rings. The van der Waals surface area contributed by atoms with E-state index in [-0.39, 0.29) is 5.25 Å². The van der Waals surface area contributed by atoms with Crippen molar-refractivity contribution in [1.82, 2.24) is 0 Å². The molecular weight excluding hydrogens is 156 g/mol. The van der Waals surface area contributed by atoms with Crippen LogP contribution >= 0.6 is 0 Å². The summed E-state index contributed by atoms with van der Waals surface area (Å²) in [5.41, 5.74) is 3.56. The third-order valence-corrected chi connectivity index (χ3v) is 4.13. The van der Waals surface area contributed by atoms with Crippen LogP contribution in [-0.2, 0) is 10.8 Å². The van der Waals surface area contributed by atoms with E-state index in [9.17, 15) is 4.21 Å². The molecule has 1 nitrogen and oxygen atoms in total. The predicted octanol–water partition coefficient (Wildman–Crippen LogP) is 2.03. The maximum atomic E-state index is 11.4. The zero-order chi connectivity index (χ0) is 8.59. The Labute approximate surface area is 70.6 Å². The van der Waals surface area contributed by atoms with Gasteiger partial charge >= 0.3 is 0 Å². The fraction of sp³-hybridized carbons (Fsp3) is 0.556. The Kier molecular flexibility index (Phi) is 2.33. The lowest BCUT2D eigenvalue weighted by Crippen LogP contribution is -2.12. The summed E-state index contributed by atoms with van der Waals surface area (Å²) in [6.07, 6.45) is 0. The second-order valence-electron chi connectivity index (χ2n) is 3.21. The van der Waals surface area contributed by atoms with E-state index in [2.05, 4.69) is 20.4 Å². The molecule has 11 heavy (non-hydrogen) atoms. The van der Waals surface area contributed by atoms with Gasteiger partial charge < -0.3 is 0 Å². The molecule has 0 radical (unpaired) electrons. The molecule has 0 saturated heterocycles. The van der Waals surface area contributed by atoms with E-state index in [4.69, 9.17) is 0 Å². The lowest BCUT2D eigenvalue weighted by atomic mass is 10.1. The average molecular weight is 170 g/mol. The molecule has 0 saturated carbocycles. The van der Waals surface area contributed by atoms with Crippen molar-refractivity contribution in [3.05, 3.63) is 23.3 Å². The van der Waals surface area contributed by atoms with Crippen molar-refractivity contribution in [1.29, 1.82) is 0 Å². The first-order valence-corrected chi connectivity index (χ1v) is 5.11. The Morgan fingerprint density at radius 3 is 2.36 bits per heavy atom. The fourth-order valence-corrected chi connectivity index (χ4v) is 3.29. The fourth-order valence-electron chi connectivity index (χ4n) is 1.43. The Balaban J connectivity index is 2.97. The van der Waals surface area contributed by atoms with Crippen LogP contribution in [0.5, 0.6) is 0 Å². The summed E-state index contributed by atoms with van der Waals surface area (Å²) in [6.45, 7) is 9.90. The molecule has 1 aliphatic rings. The summed E-state index contributed by atoms with van der Waals surface area (Å²) in [7, 11) is -0.725. The van der Waals surface area contributed by atoms with E-state index in [0.29, 0.717) is 0 Å². The maximum absolute atomic E-state index is 11.4. The molecule has 2 unspecified atom stereocenters. The third-order valence-electron chi connectivity index (χ3n) is 2.14. The molecule has 0 aromatic heterocycles. The molecule has 2 heteroatoms. The predicted molar refractivity (Wildman–Crippen MR) is 50.0 cm³/mol. The minimum absolute atomic E-state index is 0.134. The van der Waals surface area contributed by atoms with Crippen molar-refractivity contribution in [2.24, 2.45) is 0 Å². The smallest absolute Gasteiger partial charge is 0.0764 e. The first-order valence-electron chi connectivity index (χ1n) is 3.73. The summed E-state index contributed by atoms with van der Waals surface area (Å²) >= 11 is 0. The summed E-state index contributed by atoms with van der Waals surface area (Å²) < 4.78 is 11.4. The van der Waals surface area contributed by atoms with E-state index >= 15 is 0 Å². The van der Waals surface area contributed by atoms with Gasteiger partial charge in [0, 0.05) is 16.6 Å². The van der Waals surface area contributed by atoms with Crippen molar-refractivity contribution in [2.45, 2.75) is 26.0 Å². The van der Waals surface area contributed by atoms with Crippen LogP contribution in [0.3, 0.4) is 0 Å². The highest BCUT2D eigenvalue weighted by molar-refractivity contribution is 7.86. The van der Waals surface area contributed by atoms with Crippen molar-refractivity contribution in [2.75, 3.05) is 5.75 Å². The average Bonchev–Trinajstić information content (AvgIpc) is 2.07. The van der Waals surface area contributed by atoms with Crippen LogP contribution in [0.15, 0.2) is 23.3 Å². The van der Waals surface area contributed by atoms with Gasteiger partial charge in [-0.25, -0.2) is 0 Å². The molecule has 0 amide bonds. The van der Waals surface area contributed by atoms with Gasteiger partial charge in [-0.3, -0.25) is 4.21 Å². The van der Waals surface area contributed by atoms with Gasteiger partial charge in [0.2, 0.25) is 0 Å². The van der Waals surface area contributed by atoms with Gasteiger partial charge in [0.25, 0.3) is 0 Å². The lowest BCUT2D eigenvalue weighted by Gasteiger charge is -2.09. The molecule has 1 rings (SSSR count). The molecule has 0 aromatic carbocycles. The zero-order valence-electron chi connectivity index (χ0n) is 7.31. The topological polar surface area (TPSA) is 17.1 Å². The summed E-state index contributed by atoms with van der Waals surface area (Å²) in [6, 6.07) is 0. The van der Waals surface area contributed by atoms with Crippen molar-refractivity contribution < 1.29 is 4.21 Å². The second-order valence-corrected chi connectivity index (χ2v) is 4.74. The van der Waals surface area contributed by atoms with E-state index in [0.717, 1.165) is 11.3 Å². The first kappa shape index (κ1) is 8.72. The molecule has 1 aliphatic heterocycles.